The molecule has 0 heterocycles. The molecule has 2 atom stereocenters. The van der Waals surface area contributed by atoms with Gasteiger partial charge in [0.15, 0.2) is 0 Å². The largest absolute Gasteiger partial charge is 0.381 e. The number of unbranched alkanes of at least 4 members (excludes halogenated alkanes) is 27. The fourth-order valence-electron chi connectivity index (χ4n) is 6.42. The maximum atomic E-state index is 12.6. The molecule has 0 radical (unpaired) electrons. The summed E-state index contributed by atoms with van der Waals surface area (Å²) in [5.74, 6) is 0.0907. The van der Waals surface area contributed by atoms with E-state index in [1.807, 2.05) is 0 Å². The molecule has 0 saturated carbocycles. The van der Waals surface area contributed by atoms with E-state index in [1.165, 1.54) is 167 Å². The van der Waals surface area contributed by atoms with E-state index in [0.717, 1.165) is 36.9 Å². The number of ether oxygens (including phenoxy) is 1. The summed E-state index contributed by atoms with van der Waals surface area (Å²) in [6.45, 7) is 7.86. The van der Waals surface area contributed by atoms with Crippen LogP contribution in [0.25, 0.3) is 0 Å². The van der Waals surface area contributed by atoms with E-state index in [1.54, 1.807) is 0 Å². The smallest absolute Gasteiger partial charge is 0.330 e. The van der Waals surface area contributed by atoms with Gasteiger partial charge in [0.1, 0.15) is 13.2 Å². The minimum Gasteiger partial charge on any atom is -0.381 e. The number of likely N-dealkylation sites (N-methyl/N-ethyl adjacent to an activating group) is 1. The van der Waals surface area contributed by atoms with Crippen molar-refractivity contribution in [2.75, 3.05) is 60.7 Å². The molecule has 8 heteroatoms. The van der Waals surface area contributed by atoms with Gasteiger partial charge in [-0.15, -0.1) is 0 Å². The summed E-state index contributed by atoms with van der Waals surface area (Å²) in [6.07, 6.45) is 39.3. The molecule has 0 aliphatic rings. The summed E-state index contributed by atoms with van der Waals surface area (Å²) in [5.41, 5.74) is 0. The van der Waals surface area contributed by atoms with Gasteiger partial charge in [-0.2, -0.15) is 0 Å². The van der Waals surface area contributed by atoms with Crippen LogP contribution in [0.1, 0.15) is 206 Å². The molecule has 0 bridgehead atoms. The third kappa shape index (κ3) is 42.3. The topological polar surface area (TPSA) is 77.0 Å². The Kier molecular flexibility index (Phi) is 39.2. The normalized spacial score (nSPS) is 13.1. The number of nitrogens with one attached hydrogen (secondary N) is 1. The summed E-state index contributed by atoms with van der Waals surface area (Å²) in [5, 5.41) is 3.11. The first-order valence-electron chi connectivity index (χ1n) is 22.2. The summed E-state index contributed by atoms with van der Waals surface area (Å²) in [4.78, 5) is 22.9. The van der Waals surface area contributed by atoms with Crippen LogP contribution in [0, 0.1) is 5.92 Å². The Morgan fingerprint density at radius 1 is 0.549 bits per heavy atom. The lowest BCUT2D eigenvalue weighted by Crippen LogP contribution is -2.37. The van der Waals surface area contributed by atoms with Crippen LogP contribution in [0.3, 0.4) is 0 Å². The minimum absolute atomic E-state index is 0.0131. The molecule has 0 rings (SSSR count). The highest BCUT2D eigenvalue weighted by Crippen LogP contribution is 2.33. The first-order valence-corrected chi connectivity index (χ1v) is 23.3. The lowest BCUT2D eigenvalue weighted by Gasteiger charge is -2.24. The van der Waals surface area contributed by atoms with E-state index >= 15 is 0 Å². The Labute approximate surface area is 320 Å². The minimum atomic E-state index is -1.94. The zero-order chi connectivity index (χ0) is 37.5. The van der Waals surface area contributed by atoms with Gasteiger partial charge in [-0.05, 0) is 12.8 Å². The summed E-state index contributed by atoms with van der Waals surface area (Å²) in [7, 11) is 4.35. The molecule has 0 aliphatic heterocycles. The van der Waals surface area contributed by atoms with Crippen LogP contribution < -0.4 is 5.32 Å². The predicted molar refractivity (Wildman–Crippen MR) is 221 cm³/mol. The Hall–Kier alpha value is -0.300. The van der Waals surface area contributed by atoms with E-state index in [4.69, 9.17) is 13.8 Å². The first-order chi connectivity index (χ1) is 24.8. The molecule has 0 aliphatic carbocycles. The molecule has 0 aromatic heterocycles. The Balaban J connectivity index is 4.06. The molecule has 0 fully saturated rings. The Morgan fingerprint density at radius 3 is 1.35 bits per heavy atom. The second kappa shape index (κ2) is 39.4. The quantitative estimate of drug-likeness (QED) is 0.0370. The van der Waals surface area contributed by atoms with Gasteiger partial charge in [-0.1, -0.05) is 187 Å². The number of rotatable bonds is 42. The van der Waals surface area contributed by atoms with Crippen molar-refractivity contribution in [2.45, 2.75) is 206 Å². The van der Waals surface area contributed by atoms with Gasteiger partial charge in [0.25, 0.3) is 0 Å². The van der Waals surface area contributed by atoms with Crippen LogP contribution in [-0.4, -0.2) is 75.9 Å². The molecule has 306 valence electrons. The van der Waals surface area contributed by atoms with Crippen molar-refractivity contribution >= 4 is 14.5 Å². The van der Waals surface area contributed by atoms with Crippen LogP contribution in [0.15, 0.2) is 0 Å². The number of carbonyl (C=O) groups excluding carboxylic acids is 1. The lowest BCUT2D eigenvalue weighted by atomic mass is 10.0. The molecular formula is C43H90N2O5P+. The van der Waals surface area contributed by atoms with Gasteiger partial charge in [0.05, 0.1) is 34.4 Å². The van der Waals surface area contributed by atoms with E-state index in [2.05, 4.69) is 40.3 Å². The van der Waals surface area contributed by atoms with Gasteiger partial charge in [0, 0.05) is 25.5 Å². The van der Waals surface area contributed by atoms with Crippen molar-refractivity contribution in [2.24, 2.45) is 5.92 Å². The Bertz CT molecular complexity index is 708. The van der Waals surface area contributed by atoms with Crippen molar-refractivity contribution in [3.63, 3.8) is 0 Å². The molecule has 0 spiro atoms. The van der Waals surface area contributed by atoms with Crippen LogP contribution in [0.5, 0.6) is 0 Å². The molecule has 1 amide bonds. The number of hydrogen-bond donors (Lipinski definition) is 2. The summed E-state index contributed by atoms with van der Waals surface area (Å²) in [6, 6.07) is 0. The third-order valence-corrected chi connectivity index (χ3v) is 10.7. The molecule has 0 aromatic carbocycles. The van der Waals surface area contributed by atoms with Gasteiger partial charge in [0.2, 0.25) is 5.91 Å². The second-order valence-electron chi connectivity index (χ2n) is 16.4. The predicted octanol–water partition coefficient (Wildman–Crippen LogP) is 12.4. The van der Waals surface area contributed by atoms with Crippen molar-refractivity contribution in [3.05, 3.63) is 0 Å². The van der Waals surface area contributed by atoms with E-state index in [9.17, 15) is 9.69 Å². The van der Waals surface area contributed by atoms with E-state index in [0.29, 0.717) is 32.8 Å². The highest BCUT2D eigenvalue weighted by molar-refractivity contribution is 7.40. The highest BCUT2D eigenvalue weighted by atomic mass is 31.2. The SMILES string of the molecule is CCCCCCCCCCCCCCCCCC(=O)NCC(COCCCCCCCCCCCCCCCC)COP(O)OCC[N+](C)(C)C. The number of amides is 1. The van der Waals surface area contributed by atoms with Gasteiger partial charge >= 0.3 is 8.60 Å². The maximum absolute atomic E-state index is 12.6. The summed E-state index contributed by atoms with van der Waals surface area (Å²) < 4.78 is 18.0. The van der Waals surface area contributed by atoms with Crippen molar-refractivity contribution in [1.29, 1.82) is 0 Å². The van der Waals surface area contributed by atoms with Crippen LogP contribution >= 0.6 is 8.60 Å². The second-order valence-corrected chi connectivity index (χ2v) is 17.4. The van der Waals surface area contributed by atoms with Crippen LogP contribution in [0.4, 0.5) is 0 Å². The standard InChI is InChI=1S/C43H89N2O5P/c1-6-8-10-12-14-16-18-20-22-23-25-27-29-31-33-35-43(46)44-39-42(41-50-51(47)49-38-36-45(3,4)5)40-48-37-34-32-30-28-26-24-21-19-17-15-13-11-9-7-2/h42,47H,6-41H2,1-5H3/p+1. The molecule has 2 N–H and O–H groups in total. The molecule has 51 heavy (non-hydrogen) atoms. The third-order valence-electron chi connectivity index (χ3n) is 9.98. The lowest BCUT2D eigenvalue weighted by molar-refractivity contribution is -0.870. The molecular weight excluding hydrogens is 655 g/mol. The fraction of sp³-hybridized carbons (Fsp3) is 0.977. The fourth-order valence-corrected chi connectivity index (χ4v) is 7.07. The van der Waals surface area contributed by atoms with Crippen molar-refractivity contribution in [3.8, 4) is 0 Å². The monoisotopic (exact) mass is 746 g/mol. The average Bonchev–Trinajstić information content (AvgIpc) is 3.10. The molecule has 7 nitrogen and oxygen atoms in total. The van der Waals surface area contributed by atoms with Crippen LogP contribution in [0.2, 0.25) is 0 Å². The summed E-state index contributed by atoms with van der Waals surface area (Å²) >= 11 is 0. The van der Waals surface area contributed by atoms with Crippen molar-refractivity contribution < 1.29 is 28.0 Å². The van der Waals surface area contributed by atoms with E-state index in [-0.39, 0.29) is 11.8 Å². The highest BCUT2D eigenvalue weighted by Gasteiger charge is 2.17. The van der Waals surface area contributed by atoms with Crippen LogP contribution in [-0.2, 0) is 18.6 Å². The number of nitrogens with zero attached hydrogens (tertiary/aromatic N) is 1. The zero-order valence-electron chi connectivity index (χ0n) is 35.0. The van der Waals surface area contributed by atoms with Gasteiger partial charge < -0.3 is 28.5 Å². The molecule has 0 aromatic rings. The average molecular weight is 746 g/mol. The van der Waals surface area contributed by atoms with Crippen molar-refractivity contribution in [1.82, 2.24) is 5.32 Å². The molecule has 0 saturated heterocycles. The first kappa shape index (κ1) is 50.7. The van der Waals surface area contributed by atoms with Gasteiger partial charge in [-0.25, -0.2) is 0 Å². The molecule has 2 unspecified atom stereocenters. The number of carbonyl (C=O) groups is 1. The van der Waals surface area contributed by atoms with Gasteiger partial charge in [-0.3, -0.25) is 4.79 Å². The van der Waals surface area contributed by atoms with E-state index < -0.39 is 8.60 Å². The number of hydrogen-bond acceptors (Lipinski definition) is 5. The Morgan fingerprint density at radius 2 is 0.941 bits per heavy atom. The number of quaternary nitrogens is 1. The maximum Gasteiger partial charge on any atom is 0.330 e. The zero-order valence-corrected chi connectivity index (χ0v) is 35.9.